The van der Waals surface area contributed by atoms with Crippen molar-refractivity contribution in [3.8, 4) is 0 Å². The average Bonchev–Trinajstić information content (AvgIpc) is 1.58. The summed E-state index contributed by atoms with van der Waals surface area (Å²) in [5.74, 6) is 1.51. The lowest BCUT2D eigenvalue weighted by Crippen LogP contribution is -1.90. The van der Waals surface area contributed by atoms with Crippen molar-refractivity contribution >= 4 is 0 Å². The van der Waals surface area contributed by atoms with Gasteiger partial charge in [0.15, 0.2) is 0 Å². The van der Waals surface area contributed by atoms with E-state index in [2.05, 4.69) is 40.7 Å². The highest BCUT2D eigenvalue weighted by atomic mass is 14.0. The van der Waals surface area contributed by atoms with Gasteiger partial charge in [0, 0.05) is 0 Å². The van der Waals surface area contributed by atoms with Crippen LogP contribution in [-0.2, 0) is 0 Å². The van der Waals surface area contributed by atoms with Crippen LogP contribution < -0.4 is 0 Å². The highest BCUT2D eigenvalue weighted by molar-refractivity contribution is 4.99. The van der Waals surface area contributed by atoms with Gasteiger partial charge in [-0.3, -0.25) is 0 Å². The molecule has 0 N–H and O–H groups in total. The summed E-state index contributed by atoms with van der Waals surface area (Å²) in [7, 11) is 0. The summed E-state index contributed by atoms with van der Waals surface area (Å²) >= 11 is 0. The minimum absolute atomic E-state index is 0.707. The number of hydrogen-bond donors (Lipinski definition) is 0. The summed E-state index contributed by atoms with van der Waals surface area (Å²) in [4.78, 5) is 0. The first-order valence-corrected chi connectivity index (χ1v) is 4.19. The molecule has 0 saturated carbocycles. The zero-order valence-electron chi connectivity index (χ0n) is 7.94. The van der Waals surface area contributed by atoms with Gasteiger partial charge in [-0.25, -0.2) is 0 Å². The number of allylic oxidation sites excluding steroid dienone is 2. The summed E-state index contributed by atoms with van der Waals surface area (Å²) in [6.45, 7) is 11.2. The fraction of sp³-hybridized carbons (Fsp3) is 0.800. The molecule has 0 heteroatoms. The zero-order chi connectivity index (χ0) is 8.15. The first-order chi connectivity index (χ1) is 4.52. The molecule has 0 unspecified atom stereocenters. The van der Waals surface area contributed by atoms with Crippen LogP contribution >= 0.6 is 0 Å². The fourth-order valence-electron chi connectivity index (χ4n) is 1.28. The van der Waals surface area contributed by atoms with E-state index in [0.717, 1.165) is 5.92 Å². The molecular formula is C10H20. The zero-order valence-corrected chi connectivity index (χ0v) is 7.94. The summed E-state index contributed by atoms with van der Waals surface area (Å²) in [5, 5.41) is 0. The van der Waals surface area contributed by atoms with E-state index in [4.69, 9.17) is 0 Å². The van der Waals surface area contributed by atoms with Gasteiger partial charge in [0.1, 0.15) is 0 Å². The van der Waals surface area contributed by atoms with E-state index in [1.807, 2.05) is 0 Å². The van der Waals surface area contributed by atoms with Crippen LogP contribution in [0.1, 0.15) is 41.0 Å². The molecule has 0 fully saturated rings. The lowest BCUT2D eigenvalue weighted by Gasteiger charge is -2.05. The molecule has 0 aromatic heterocycles. The van der Waals surface area contributed by atoms with Crippen LogP contribution in [0, 0.1) is 11.8 Å². The van der Waals surface area contributed by atoms with E-state index in [-0.39, 0.29) is 0 Å². The van der Waals surface area contributed by atoms with Crippen molar-refractivity contribution in [2.75, 3.05) is 0 Å². The quantitative estimate of drug-likeness (QED) is 0.525. The molecule has 60 valence electrons. The van der Waals surface area contributed by atoms with Gasteiger partial charge in [0.2, 0.25) is 0 Å². The van der Waals surface area contributed by atoms with Crippen LogP contribution in [0.3, 0.4) is 0 Å². The van der Waals surface area contributed by atoms with Crippen molar-refractivity contribution in [1.82, 2.24) is 0 Å². The Morgan fingerprint density at radius 1 is 1.20 bits per heavy atom. The van der Waals surface area contributed by atoms with Crippen molar-refractivity contribution in [3.63, 3.8) is 0 Å². The minimum Gasteiger partial charge on any atom is -0.0830 e. The van der Waals surface area contributed by atoms with Gasteiger partial charge in [-0.15, -0.1) is 0 Å². The summed E-state index contributed by atoms with van der Waals surface area (Å²) < 4.78 is 0. The third kappa shape index (κ3) is 5.87. The van der Waals surface area contributed by atoms with Crippen LogP contribution in [0.2, 0.25) is 0 Å². The van der Waals surface area contributed by atoms with Crippen molar-refractivity contribution in [2.45, 2.75) is 41.0 Å². The molecule has 0 spiro atoms. The largest absolute Gasteiger partial charge is 0.0830 e. The summed E-state index contributed by atoms with van der Waals surface area (Å²) in [5.41, 5.74) is 1.53. The van der Waals surface area contributed by atoms with Gasteiger partial charge in [-0.1, -0.05) is 39.3 Å². The molecule has 0 aliphatic rings. The summed E-state index contributed by atoms with van der Waals surface area (Å²) in [6.07, 6.45) is 3.60. The lowest BCUT2D eigenvalue weighted by atomic mass is 10.0. The van der Waals surface area contributed by atoms with E-state index in [9.17, 15) is 0 Å². The predicted octanol–water partition coefficient (Wildman–Crippen LogP) is 3.63. The average molecular weight is 140 g/mol. The molecule has 0 atom stereocenters. The van der Waals surface area contributed by atoms with E-state index in [1.54, 1.807) is 0 Å². The predicted molar refractivity (Wildman–Crippen MR) is 48.1 cm³/mol. The molecule has 0 heterocycles. The second-order valence-electron chi connectivity index (χ2n) is 3.86. The van der Waals surface area contributed by atoms with E-state index >= 15 is 0 Å². The Morgan fingerprint density at radius 3 is 2.00 bits per heavy atom. The molecule has 0 aliphatic carbocycles. The van der Waals surface area contributed by atoms with Crippen molar-refractivity contribution < 1.29 is 0 Å². The molecule has 0 aromatic rings. The van der Waals surface area contributed by atoms with Crippen LogP contribution in [0.25, 0.3) is 0 Å². The highest BCUT2D eigenvalue weighted by Gasteiger charge is 1.95. The van der Waals surface area contributed by atoms with Gasteiger partial charge >= 0.3 is 0 Å². The van der Waals surface area contributed by atoms with E-state index in [1.165, 1.54) is 12.0 Å². The normalized spacial score (nSPS) is 13.3. The van der Waals surface area contributed by atoms with Gasteiger partial charge < -0.3 is 0 Å². The molecule has 0 bridgehead atoms. The first kappa shape index (κ1) is 9.74. The van der Waals surface area contributed by atoms with Crippen LogP contribution in [0.5, 0.6) is 0 Å². The Bertz CT molecular complexity index is 107. The Morgan fingerprint density at radius 2 is 1.70 bits per heavy atom. The van der Waals surface area contributed by atoms with Crippen LogP contribution in [-0.4, -0.2) is 0 Å². The van der Waals surface area contributed by atoms with Crippen molar-refractivity contribution in [2.24, 2.45) is 11.8 Å². The molecule has 0 radical (unpaired) electrons. The van der Waals surface area contributed by atoms with Crippen molar-refractivity contribution in [1.29, 1.82) is 0 Å². The minimum atomic E-state index is 0.707. The van der Waals surface area contributed by atoms with Crippen LogP contribution in [0.15, 0.2) is 11.6 Å². The van der Waals surface area contributed by atoms with Gasteiger partial charge in [-0.2, -0.15) is 0 Å². The van der Waals surface area contributed by atoms with Crippen molar-refractivity contribution in [3.05, 3.63) is 11.6 Å². The van der Waals surface area contributed by atoms with E-state index < -0.39 is 0 Å². The SMILES string of the molecule is C/C(=C\C(C)C)CC(C)C. The first-order valence-electron chi connectivity index (χ1n) is 4.19. The summed E-state index contributed by atoms with van der Waals surface area (Å²) in [6, 6.07) is 0. The molecule has 0 rings (SSSR count). The molecular weight excluding hydrogens is 120 g/mol. The number of hydrogen-bond acceptors (Lipinski definition) is 0. The third-order valence-electron chi connectivity index (χ3n) is 1.35. The lowest BCUT2D eigenvalue weighted by molar-refractivity contribution is 0.635. The molecule has 10 heavy (non-hydrogen) atoms. The maximum Gasteiger partial charge on any atom is -0.0288 e. The standard InChI is InChI=1S/C10H20/c1-8(2)6-10(5)7-9(3)4/h6,8-9H,7H2,1-5H3/b10-6+. The smallest absolute Gasteiger partial charge is 0.0288 e. The Balaban J connectivity index is 3.71. The molecule has 0 aliphatic heterocycles. The topological polar surface area (TPSA) is 0 Å². The molecule has 0 amide bonds. The van der Waals surface area contributed by atoms with Gasteiger partial charge in [-0.05, 0) is 25.2 Å². The van der Waals surface area contributed by atoms with Gasteiger partial charge in [0.05, 0.1) is 0 Å². The molecule has 0 nitrogen and oxygen atoms in total. The maximum absolute atomic E-state index is 2.35. The maximum atomic E-state index is 2.35. The Hall–Kier alpha value is -0.260. The van der Waals surface area contributed by atoms with Crippen LogP contribution in [0.4, 0.5) is 0 Å². The second kappa shape index (κ2) is 4.54. The monoisotopic (exact) mass is 140 g/mol. The van der Waals surface area contributed by atoms with E-state index in [0.29, 0.717) is 5.92 Å². The Kier molecular flexibility index (Phi) is 4.42. The molecule has 0 aromatic carbocycles. The Labute approximate surface area is 65.3 Å². The highest BCUT2D eigenvalue weighted by Crippen LogP contribution is 2.11. The fourth-order valence-corrected chi connectivity index (χ4v) is 1.28. The second-order valence-corrected chi connectivity index (χ2v) is 3.86. The number of rotatable bonds is 3. The third-order valence-corrected chi connectivity index (χ3v) is 1.35. The van der Waals surface area contributed by atoms with Gasteiger partial charge in [0.25, 0.3) is 0 Å². The molecule has 0 saturated heterocycles.